The van der Waals surface area contributed by atoms with Crippen molar-refractivity contribution in [1.29, 1.82) is 0 Å². The second kappa shape index (κ2) is 8.89. The van der Waals surface area contributed by atoms with Gasteiger partial charge >= 0.3 is 0 Å². The van der Waals surface area contributed by atoms with E-state index >= 15 is 0 Å². The summed E-state index contributed by atoms with van der Waals surface area (Å²) in [5.41, 5.74) is 2.79. The molecule has 9 heteroatoms. The average Bonchev–Trinajstić information content (AvgIpc) is 3.09. The van der Waals surface area contributed by atoms with E-state index in [4.69, 9.17) is 9.47 Å². The summed E-state index contributed by atoms with van der Waals surface area (Å²) in [6.45, 7) is 5.34. The number of nitrogens with zero attached hydrogens (tertiary/aromatic N) is 4. The molecule has 0 fully saturated rings. The highest BCUT2D eigenvalue weighted by Crippen LogP contribution is 2.35. The molecule has 0 bridgehead atoms. The van der Waals surface area contributed by atoms with Crippen molar-refractivity contribution in [2.45, 2.75) is 26.2 Å². The molecule has 1 amide bonds. The first kappa shape index (κ1) is 21.0. The number of anilines is 2. The standard InChI is InChI=1S/C22H25N5O3S/c1-13(2)15-11-16(24-21(23-15)27(3)4)20(28)26-22-25-17(12-31-22)14-6-7-18-19(10-14)30-9-5-8-29-18/h6-7,10-13H,5,8-9H2,1-4H3,(H,25,26,28). The van der Waals surface area contributed by atoms with Crippen LogP contribution >= 0.6 is 11.3 Å². The summed E-state index contributed by atoms with van der Waals surface area (Å²) in [5, 5.41) is 5.26. The van der Waals surface area contributed by atoms with E-state index in [1.54, 1.807) is 11.0 Å². The lowest BCUT2D eigenvalue weighted by molar-refractivity contribution is 0.102. The van der Waals surface area contributed by atoms with Gasteiger partial charge < -0.3 is 14.4 Å². The molecule has 3 aromatic rings. The van der Waals surface area contributed by atoms with Gasteiger partial charge in [-0.1, -0.05) is 13.8 Å². The number of thiazole rings is 1. The summed E-state index contributed by atoms with van der Waals surface area (Å²) in [7, 11) is 3.70. The number of fused-ring (bicyclic) bond motifs is 1. The quantitative estimate of drug-likeness (QED) is 0.637. The Morgan fingerprint density at radius 2 is 1.87 bits per heavy atom. The molecule has 2 aromatic heterocycles. The lowest BCUT2D eigenvalue weighted by Gasteiger charge is -2.14. The molecule has 31 heavy (non-hydrogen) atoms. The Morgan fingerprint density at radius 3 is 2.61 bits per heavy atom. The van der Waals surface area contributed by atoms with Crippen LogP contribution in [-0.4, -0.2) is 48.2 Å². The van der Waals surface area contributed by atoms with Crippen molar-refractivity contribution >= 4 is 28.3 Å². The molecular weight excluding hydrogens is 414 g/mol. The second-order valence-corrected chi connectivity index (χ2v) is 8.59. The maximum Gasteiger partial charge on any atom is 0.276 e. The zero-order chi connectivity index (χ0) is 22.0. The van der Waals surface area contributed by atoms with Crippen LogP contribution in [0.1, 0.15) is 42.4 Å². The predicted molar refractivity (Wildman–Crippen MR) is 122 cm³/mol. The molecule has 8 nitrogen and oxygen atoms in total. The van der Waals surface area contributed by atoms with E-state index < -0.39 is 0 Å². The molecule has 1 aliphatic rings. The minimum absolute atomic E-state index is 0.180. The smallest absolute Gasteiger partial charge is 0.276 e. The van der Waals surface area contributed by atoms with Gasteiger partial charge in [0.25, 0.3) is 5.91 Å². The fourth-order valence-electron chi connectivity index (χ4n) is 3.01. The third kappa shape index (κ3) is 4.77. The maximum absolute atomic E-state index is 12.8. The molecule has 3 heterocycles. The third-order valence-electron chi connectivity index (χ3n) is 4.73. The molecule has 0 unspecified atom stereocenters. The first-order valence-corrected chi connectivity index (χ1v) is 11.0. The van der Waals surface area contributed by atoms with E-state index in [-0.39, 0.29) is 11.8 Å². The summed E-state index contributed by atoms with van der Waals surface area (Å²) in [6, 6.07) is 7.48. The summed E-state index contributed by atoms with van der Waals surface area (Å²) in [4.78, 5) is 28.1. The first-order valence-electron chi connectivity index (χ1n) is 10.1. The molecule has 1 N–H and O–H groups in total. The monoisotopic (exact) mass is 439 g/mol. The maximum atomic E-state index is 12.8. The fourth-order valence-corrected chi connectivity index (χ4v) is 3.73. The average molecular weight is 440 g/mol. The van der Waals surface area contributed by atoms with Crippen LogP contribution in [0.3, 0.4) is 0 Å². The van der Waals surface area contributed by atoms with E-state index in [1.165, 1.54) is 11.3 Å². The van der Waals surface area contributed by atoms with Gasteiger partial charge in [0.15, 0.2) is 16.6 Å². The second-order valence-electron chi connectivity index (χ2n) is 7.73. The van der Waals surface area contributed by atoms with Crippen molar-refractivity contribution in [2.24, 2.45) is 0 Å². The van der Waals surface area contributed by atoms with E-state index in [0.717, 1.165) is 29.1 Å². The molecule has 4 rings (SSSR count). The number of hydrogen-bond donors (Lipinski definition) is 1. The van der Waals surface area contributed by atoms with Crippen LogP contribution < -0.4 is 19.7 Å². The van der Waals surface area contributed by atoms with Crippen LogP contribution in [0.15, 0.2) is 29.6 Å². The minimum Gasteiger partial charge on any atom is -0.490 e. The molecule has 0 radical (unpaired) electrons. The zero-order valence-corrected chi connectivity index (χ0v) is 18.8. The number of aromatic nitrogens is 3. The Hall–Kier alpha value is -3.20. The molecular formula is C22H25N5O3S. The zero-order valence-electron chi connectivity index (χ0n) is 18.0. The minimum atomic E-state index is -0.313. The van der Waals surface area contributed by atoms with Crippen molar-refractivity contribution in [2.75, 3.05) is 37.5 Å². The molecule has 0 spiro atoms. The summed E-state index contributed by atoms with van der Waals surface area (Å²) >= 11 is 1.36. The number of carbonyl (C=O) groups is 1. The summed E-state index contributed by atoms with van der Waals surface area (Å²) in [6.07, 6.45) is 0.855. The Balaban J connectivity index is 1.54. The fraction of sp³-hybridized carbons (Fsp3) is 0.364. The van der Waals surface area contributed by atoms with Crippen LogP contribution in [0.2, 0.25) is 0 Å². The SMILES string of the molecule is CC(C)c1cc(C(=O)Nc2nc(-c3ccc4c(c3)OCCCO4)cs2)nc(N(C)C)n1. The van der Waals surface area contributed by atoms with Crippen LogP contribution in [0.25, 0.3) is 11.3 Å². The van der Waals surface area contributed by atoms with E-state index in [0.29, 0.717) is 35.7 Å². The van der Waals surface area contributed by atoms with Gasteiger partial charge in [-0.2, -0.15) is 0 Å². The lowest BCUT2D eigenvalue weighted by atomic mass is 10.1. The Kier molecular flexibility index (Phi) is 6.03. The summed E-state index contributed by atoms with van der Waals surface area (Å²) in [5.74, 6) is 1.83. The third-order valence-corrected chi connectivity index (χ3v) is 5.48. The van der Waals surface area contributed by atoms with E-state index in [1.807, 2.05) is 51.5 Å². The van der Waals surface area contributed by atoms with Crippen molar-refractivity contribution in [3.8, 4) is 22.8 Å². The van der Waals surface area contributed by atoms with E-state index in [9.17, 15) is 4.79 Å². The van der Waals surface area contributed by atoms with Gasteiger partial charge in [-0.3, -0.25) is 10.1 Å². The van der Waals surface area contributed by atoms with Crippen LogP contribution in [0, 0.1) is 0 Å². The van der Waals surface area contributed by atoms with Gasteiger partial charge in [0, 0.05) is 37.2 Å². The molecule has 0 atom stereocenters. The van der Waals surface area contributed by atoms with Gasteiger partial charge in [0.1, 0.15) is 5.69 Å². The van der Waals surface area contributed by atoms with Gasteiger partial charge in [0.05, 0.1) is 18.9 Å². The summed E-state index contributed by atoms with van der Waals surface area (Å²) < 4.78 is 11.4. The normalized spacial score (nSPS) is 13.1. The van der Waals surface area contributed by atoms with Crippen molar-refractivity contribution in [3.63, 3.8) is 0 Å². The highest BCUT2D eigenvalue weighted by atomic mass is 32.1. The van der Waals surface area contributed by atoms with Gasteiger partial charge in [0.2, 0.25) is 5.95 Å². The highest BCUT2D eigenvalue weighted by molar-refractivity contribution is 7.14. The Labute approximate surface area is 185 Å². The Bertz CT molecular complexity index is 1070. The predicted octanol–water partition coefficient (Wildman–Crippen LogP) is 4.20. The van der Waals surface area contributed by atoms with Crippen molar-refractivity contribution < 1.29 is 14.3 Å². The molecule has 1 aliphatic heterocycles. The van der Waals surface area contributed by atoms with E-state index in [2.05, 4.69) is 20.3 Å². The number of amides is 1. The van der Waals surface area contributed by atoms with Crippen molar-refractivity contribution in [3.05, 3.63) is 41.0 Å². The molecule has 0 saturated heterocycles. The largest absolute Gasteiger partial charge is 0.490 e. The molecule has 0 saturated carbocycles. The number of carbonyl (C=O) groups excluding carboxylic acids is 1. The van der Waals surface area contributed by atoms with Crippen molar-refractivity contribution in [1.82, 2.24) is 15.0 Å². The topological polar surface area (TPSA) is 89.5 Å². The highest BCUT2D eigenvalue weighted by Gasteiger charge is 2.17. The number of hydrogen-bond acceptors (Lipinski definition) is 8. The molecule has 0 aliphatic carbocycles. The number of ether oxygens (including phenoxy) is 2. The Morgan fingerprint density at radius 1 is 1.10 bits per heavy atom. The number of rotatable bonds is 5. The van der Waals surface area contributed by atoms with Gasteiger partial charge in [-0.05, 0) is 30.2 Å². The van der Waals surface area contributed by atoms with Crippen LogP contribution in [0.5, 0.6) is 11.5 Å². The number of benzene rings is 1. The molecule has 162 valence electrons. The van der Waals surface area contributed by atoms with Gasteiger partial charge in [-0.15, -0.1) is 11.3 Å². The van der Waals surface area contributed by atoms with Gasteiger partial charge in [-0.25, -0.2) is 15.0 Å². The first-order chi connectivity index (χ1) is 14.9. The molecule has 1 aromatic carbocycles. The van der Waals surface area contributed by atoms with Crippen LogP contribution in [0.4, 0.5) is 11.1 Å². The van der Waals surface area contributed by atoms with Crippen LogP contribution in [-0.2, 0) is 0 Å². The lowest BCUT2D eigenvalue weighted by Crippen LogP contribution is -2.19. The number of nitrogens with one attached hydrogen (secondary N) is 1.